The molecule has 2 aromatic heterocycles. The van der Waals surface area contributed by atoms with Crippen molar-refractivity contribution in [2.45, 2.75) is 26.8 Å². The van der Waals surface area contributed by atoms with Crippen LogP contribution in [0.3, 0.4) is 0 Å². The van der Waals surface area contributed by atoms with E-state index in [1.54, 1.807) is 25.3 Å². The van der Waals surface area contributed by atoms with Crippen molar-refractivity contribution in [1.29, 1.82) is 0 Å². The number of aromatic nitrogens is 1. The van der Waals surface area contributed by atoms with Crippen LogP contribution in [0.4, 0.5) is 5.69 Å². The van der Waals surface area contributed by atoms with Crippen LogP contribution in [0, 0.1) is 6.92 Å². The number of benzene rings is 1. The molecule has 6 nitrogen and oxygen atoms in total. The number of hydrogen-bond acceptors (Lipinski definition) is 5. The van der Waals surface area contributed by atoms with Gasteiger partial charge in [-0.25, -0.2) is 4.98 Å². The molecule has 6 heteroatoms. The van der Waals surface area contributed by atoms with Gasteiger partial charge in [-0.15, -0.1) is 0 Å². The molecule has 2 N–H and O–H groups in total. The minimum Gasteiger partial charge on any atom is -0.459 e. The van der Waals surface area contributed by atoms with E-state index in [0.717, 1.165) is 24.3 Å². The van der Waals surface area contributed by atoms with Gasteiger partial charge < -0.3 is 19.5 Å². The van der Waals surface area contributed by atoms with Crippen LogP contribution < -0.4 is 10.6 Å². The molecular formula is C19H21N3O3. The molecule has 1 aromatic carbocycles. The van der Waals surface area contributed by atoms with Crippen molar-refractivity contribution in [2.24, 2.45) is 0 Å². The van der Waals surface area contributed by atoms with E-state index in [4.69, 9.17) is 8.83 Å². The summed E-state index contributed by atoms with van der Waals surface area (Å²) in [5.74, 6) is 1.41. The number of carbonyl (C=O) groups is 1. The summed E-state index contributed by atoms with van der Waals surface area (Å²) < 4.78 is 10.9. The molecule has 0 aliphatic carbocycles. The predicted octanol–water partition coefficient (Wildman–Crippen LogP) is 3.53. The first-order valence-corrected chi connectivity index (χ1v) is 8.25. The van der Waals surface area contributed by atoms with Gasteiger partial charge >= 0.3 is 0 Å². The number of oxazole rings is 1. The Kier molecular flexibility index (Phi) is 5.30. The fraction of sp³-hybridized carbons (Fsp3) is 0.263. The van der Waals surface area contributed by atoms with Crippen molar-refractivity contribution in [3.63, 3.8) is 0 Å². The maximum absolute atomic E-state index is 12.3. The monoisotopic (exact) mass is 339 g/mol. The van der Waals surface area contributed by atoms with E-state index in [2.05, 4.69) is 22.5 Å². The van der Waals surface area contributed by atoms with Crippen LogP contribution >= 0.6 is 0 Å². The van der Waals surface area contributed by atoms with Gasteiger partial charge in [0.05, 0.1) is 18.4 Å². The summed E-state index contributed by atoms with van der Waals surface area (Å²) in [7, 11) is 0. The quantitative estimate of drug-likeness (QED) is 0.688. The SMILES string of the molecule is CCNCc1cccc(NC(=O)Cc2nc(-c3ccco3)oc2C)c1. The third kappa shape index (κ3) is 4.36. The van der Waals surface area contributed by atoms with Crippen LogP contribution in [0.1, 0.15) is 23.9 Å². The van der Waals surface area contributed by atoms with Crippen molar-refractivity contribution < 1.29 is 13.6 Å². The summed E-state index contributed by atoms with van der Waals surface area (Å²) in [6.07, 6.45) is 1.70. The first-order chi connectivity index (χ1) is 12.2. The fourth-order valence-electron chi connectivity index (χ4n) is 2.48. The molecule has 0 fully saturated rings. The highest BCUT2D eigenvalue weighted by Crippen LogP contribution is 2.22. The van der Waals surface area contributed by atoms with E-state index in [-0.39, 0.29) is 12.3 Å². The van der Waals surface area contributed by atoms with Gasteiger partial charge in [0.25, 0.3) is 5.89 Å². The van der Waals surface area contributed by atoms with Crippen molar-refractivity contribution in [3.05, 3.63) is 59.7 Å². The van der Waals surface area contributed by atoms with Crippen LogP contribution in [-0.2, 0) is 17.8 Å². The minimum absolute atomic E-state index is 0.136. The third-order valence-electron chi connectivity index (χ3n) is 3.74. The van der Waals surface area contributed by atoms with E-state index in [9.17, 15) is 4.79 Å². The van der Waals surface area contributed by atoms with E-state index in [1.165, 1.54) is 0 Å². The molecule has 0 atom stereocenters. The first-order valence-electron chi connectivity index (χ1n) is 8.25. The van der Waals surface area contributed by atoms with Crippen LogP contribution in [0.2, 0.25) is 0 Å². The molecule has 0 unspecified atom stereocenters. The zero-order chi connectivity index (χ0) is 17.6. The van der Waals surface area contributed by atoms with Gasteiger partial charge in [-0.05, 0) is 43.3 Å². The van der Waals surface area contributed by atoms with Gasteiger partial charge in [-0.1, -0.05) is 19.1 Å². The zero-order valence-corrected chi connectivity index (χ0v) is 14.3. The molecule has 0 bridgehead atoms. The highest BCUT2D eigenvalue weighted by atomic mass is 16.4. The number of amides is 1. The van der Waals surface area contributed by atoms with Crippen LogP contribution in [0.15, 0.2) is 51.5 Å². The lowest BCUT2D eigenvalue weighted by Crippen LogP contribution is -2.16. The molecule has 0 aliphatic rings. The number of furan rings is 1. The Labute approximate surface area is 146 Å². The maximum atomic E-state index is 12.3. The van der Waals surface area contributed by atoms with E-state index < -0.39 is 0 Å². The fourth-order valence-corrected chi connectivity index (χ4v) is 2.48. The first kappa shape index (κ1) is 17.0. The van der Waals surface area contributed by atoms with Gasteiger partial charge in [0.15, 0.2) is 5.76 Å². The van der Waals surface area contributed by atoms with E-state index in [1.807, 2.05) is 24.3 Å². The number of anilines is 1. The van der Waals surface area contributed by atoms with Gasteiger partial charge in [0.2, 0.25) is 5.91 Å². The number of nitrogens with zero attached hydrogens (tertiary/aromatic N) is 1. The lowest BCUT2D eigenvalue weighted by atomic mass is 10.2. The third-order valence-corrected chi connectivity index (χ3v) is 3.74. The number of aryl methyl sites for hydroxylation is 1. The second-order valence-electron chi connectivity index (χ2n) is 5.70. The van der Waals surface area contributed by atoms with Crippen molar-refractivity contribution in [2.75, 3.05) is 11.9 Å². The van der Waals surface area contributed by atoms with E-state index in [0.29, 0.717) is 23.1 Å². The molecule has 0 radical (unpaired) electrons. The number of nitrogens with one attached hydrogen (secondary N) is 2. The van der Waals surface area contributed by atoms with Crippen LogP contribution in [-0.4, -0.2) is 17.4 Å². The number of carbonyl (C=O) groups excluding carboxylic acids is 1. The maximum Gasteiger partial charge on any atom is 0.263 e. The Hall–Kier alpha value is -2.86. The lowest BCUT2D eigenvalue weighted by molar-refractivity contribution is -0.115. The van der Waals surface area contributed by atoms with Crippen molar-refractivity contribution >= 4 is 11.6 Å². The highest BCUT2D eigenvalue weighted by molar-refractivity contribution is 5.92. The average Bonchev–Trinajstić information content (AvgIpc) is 3.24. The molecular weight excluding hydrogens is 318 g/mol. The van der Waals surface area contributed by atoms with Gasteiger partial charge in [-0.2, -0.15) is 0 Å². The standard InChI is InChI=1S/C19H21N3O3/c1-3-20-12-14-6-4-7-15(10-14)21-18(23)11-16-13(2)25-19(22-16)17-8-5-9-24-17/h4-10,20H,3,11-12H2,1-2H3,(H,21,23). The van der Waals surface area contributed by atoms with Crippen molar-refractivity contribution in [3.8, 4) is 11.7 Å². The molecule has 0 saturated carbocycles. The second-order valence-corrected chi connectivity index (χ2v) is 5.70. The molecule has 0 saturated heterocycles. The van der Waals surface area contributed by atoms with Crippen LogP contribution in [0.5, 0.6) is 0 Å². The summed E-state index contributed by atoms with van der Waals surface area (Å²) in [5, 5.41) is 6.17. The molecule has 3 rings (SSSR count). The second kappa shape index (κ2) is 7.81. The Bertz CT molecular complexity index is 837. The Morgan fingerprint density at radius 1 is 1.24 bits per heavy atom. The molecule has 1 amide bonds. The average molecular weight is 339 g/mol. The highest BCUT2D eigenvalue weighted by Gasteiger charge is 2.16. The summed E-state index contributed by atoms with van der Waals surface area (Å²) in [6, 6.07) is 11.3. The Morgan fingerprint density at radius 2 is 2.12 bits per heavy atom. The largest absolute Gasteiger partial charge is 0.459 e. The smallest absolute Gasteiger partial charge is 0.263 e. The topological polar surface area (TPSA) is 80.3 Å². The van der Waals surface area contributed by atoms with Gasteiger partial charge in [-0.3, -0.25) is 4.79 Å². The lowest BCUT2D eigenvalue weighted by Gasteiger charge is -2.07. The summed E-state index contributed by atoms with van der Waals surface area (Å²) in [6.45, 7) is 5.52. The molecule has 130 valence electrons. The Morgan fingerprint density at radius 3 is 2.88 bits per heavy atom. The van der Waals surface area contributed by atoms with Crippen LogP contribution in [0.25, 0.3) is 11.7 Å². The molecule has 3 aromatic rings. The minimum atomic E-state index is -0.136. The van der Waals surface area contributed by atoms with E-state index >= 15 is 0 Å². The predicted molar refractivity (Wildman–Crippen MR) is 95.1 cm³/mol. The summed E-state index contributed by atoms with van der Waals surface area (Å²) in [5.41, 5.74) is 2.50. The molecule has 2 heterocycles. The van der Waals surface area contributed by atoms with Crippen molar-refractivity contribution in [1.82, 2.24) is 10.3 Å². The van der Waals surface area contributed by atoms with Gasteiger partial charge in [0.1, 0.15) is 5.76 Å². The summed E-state index contributed by atoms with van der Waals surface area (Å²) >= 11 is 0. The summed E-state index contributed by atoms with van der Waals surface area (Å²) in [4.78, 5) is 16.7. The number of hydrogen-bond donors (Lipinski definition) is 2. The number of rotatable bonds is 7. The molecule has 0 spiro atoms. The Balaban J connectivity index is 1.65. The normalized spacial score (nSPS) is 10.8. The van der Waals surface area contributed by atoms with Gasteiger partial charge in [0, 0.05) is 12.2 Å². The zero-order valence-electron chi connectivity index (χ0n) is 14.3. The molecule has 25 heavy (non-hydrogen) atoms. The molecule has 0 aliphatic heterocycles.